The van der Waals surface area contributed by atoms with E-state index < -0.39 is 0 Å². The van der Waals surface area contributed by atoms with Crippen LogP contribution >= 0.6 is 24.0 Å². The molecular weight excluding hydrogens is 503 g/mol. The summed E-state index contributed by atoms with van der Waals surface area (Å²) in [5.41, 5.74) is 2.18. The fourth-order valence-electron chi connectivity index (χ4n) is 4.76. The van der Waals surface area contributed by atoms with E-state index in [-0.39, 0.29) is 35.9 Å². The summed E-state index contributed by atoms with van der Waals surface area (Å²) in [7, 11) is 0. The van der Waals surface area contributed by atoms with Gasteiger partial charge in [0.15, 0.2) is 5.96 Å². The van der Waals surface area contributed by atoms with E-state index in [9.17, 15) is 4.79 Å². The number of benzene rings is 1. The number of likely N-dealkylation sites (tertiary alicyclic amines) is 1. The van der Waals surface area contributed by atoms with Crippen molar-refractivity contribution < 1.29 is 4.79 Å². The summed E-state index contributed by atoms with van der Waals surface area (Å²) in [5, 5.41) is 6.90. The van der Waals surface area contributed by atoms with Crippen molar-refractivity contribution in [3.63, 3.8) is 0 Å². The number of guanidine groups is 1. The standard InChI is InChI=1S/C23H34N6O.HI/c1-3-24-23(25-13-15-29-17(2)26-20-10-6-7-11-21(20)29)27-19-12-14-28(16-19)22(30)18-8-4-5-9-18;/h6-7,10-11,18-19H,3-5,8-9,12-16H2,1-2H3,(H2,24,25,27);1H. The number of nitrogens with one attached hydrogen (secondary N) is 2. The van der Waals surface area contributed by atoms with E-state index in [0.717, 1.165) is 68.3 Å². The van der Waals surface area contributed by atoms with Crippen molar-refractivity contribution in [3.05, 3.63) is 30.1 Å². The van der Waals surface area contributed by atoms with Gasteiger partial charge in [-0.15, -0.1) is 24.0 Å². The lowest BCUT2D eigenvalue weighted by atomic mass is 10.1. The molecule has 1 saturated heterocycles. The molecule has 2 N–H and O–H groups in total. The average Bonchev–Trinajstić information content (AvgIpc) is 3.48. The van der Waals surface area contributed by atoms with Crippen LogP contribution in [0.2, 0.25) is 0 Å². The zero-order valence-corrected chi connectivity index (χ0v) is 21.0. The molecule has 2 heterocycles. The van der Waals surface area contributed by atoms with E-state index in [2.05, 4.69) is 38.1 Å². The van der Waals surface area contributed by atoms with E-state index in [1.807, 2.05) is 25.1 Å². The van der Waals surface area contributed by atoms with Gasteiger partial charge in [-0.2, -0.15) is 0 Å². The van der Waals surface area contributed by atoms with E-state index in [1.165, 1.54) is 12.8 Å². The second-order valence-corrected chi connectivity index (χ2v) is 8.46. The van der Waals surface area contributed by atoms with Crippen molar-refractivity contribution in [1.29, 1.82) is 0 Å². The Morgan fingerprint density at radius 3 is 2.77 bits per heavy atom. The summed E-state index contributed by atoms with van der Waals surface area (Å²) < 4.78 is 2.22. The van der Waals surface area contributed by atoms with Gasteiger partial charge in [-0.25, -0.2) is 4.98 Å². The Balaban J connectivity index is 0.00000272. The molecule has 1 saturated carbocycles. The summed E-state index contributed by atoms with van der Waals surface area (Å²) in [6, 6.07) is 8.49. The second-order valence-electron chi connectivity index (χ2n) is 8.46. The Hall–Kier alpha value is -1.84. The molecule has 170 valence electrons. The Bertz CT molecular complexity index is 905. The molecule has 1 aromatic heterocycles. The fourth-order valence-corrected chi connectivity index (χ4v) is 4.76. The molecule has 7 nitrogen and oxygen atoms in total. The topological polar surface area (TPSA) is 74.6 Å². The van der Waals surface area contributed by atoms with Gasteiger partial charge in [-0.1, -0.05) is 25.0 Å². The van der Waals surface area contributed by atoms with Crippen LogP contribution in [-0.2, 0) is 11.3 Å². The van der Waals surface area contributed by atoms with Gasteiger partial charge in [0.1, 0.15) is 5.82 Å². The highest BCUT2D eigenvalue weighted by Crippen LogP contribution is 2.27. The molecule has 0 bridgehead atoms. The molecule has 1 unspecified atom stereocenters. The number of aliphatic imine (C=N–C) groups is 1. The molecule has 0 spiro atoms. The molecule has 2 fully saturated rings. The number of aryl methyl sites for hydroxylation is 1. The number of nitrogens with zero attached hydrogens (tertiary/aromatic N) is 4. The quantitative estimate of drug-likeness (QED) is 0.337. The maximum atomic E-state index is 12.7. The van der Waals surface area contributed by atoms with Crippen molar-refractivity contribution >= 4 is 46.9 Å². The van der Waals surface area contributed by atoms with Crippen molar-refractivity contribution in [2.24, 2.45) is 10.9 Å². The fraction of sp³-hybridized carbons (Fsp3) is 0.609. The number of carbonyl (C=O) groups excluding carboxylic acids is 1. The van der Waals surface area contributed by atoms with Crippen molar-refractivity contribution in [2.75, 3.05) is 26.2 Å². The first-order chi connectivity index (χ1) is 14.7. The lowest BCUT2D eigenvalue weighted by Gasteiger charge is -2.21. The largest absolute Gasteiger partial charge is 0.357 e. The number of halogens is 1. The highest BCUT2D eigenvalue weighted by molar-refractivity contribution is 14.0. The number of aromatic nitrogens is 2. The summed E-state index contributed by atoms with van der Waals surface area (Å²) in [6.07, 6.45) is 5.53. The highest BCUT2D eigenvalue weighted by atomic mass is 127. The minimum absolute atomic E-state index is 0. The normalized spacial score (nSPS) is 19.6. The van der Waals surface area contributed by atoms with Crippen LogP contribution in [0, 0.1) is 12.8 Å². The van der Waals surface area contributed by atoms with Crippen LogP contribution in [0.25, 0.3) is 11.0 Å². The molecule has 2 aromatic rings. The maximum absolute atomic E-state index is 12.7. The Kier molecular flexibility index (Phi) is 8.57. The molecule has 8 heteroatoms. The first-order valence-electron chi connectivity index (χ1n) is 11.4. The lowest BCUT2D eigenvalue weighted by Crippen LogP contribution is -2.45. The maximum Gasteiger partial charge on any atom is 0.225 e. The minimum Gasteiger partial charge on any atom is -0.357 e. The average molecular weight is 538 g/mol. The molecule has 0 radical (unpaired) electrons. The highest BCUT2D eigenvalue weighted by Gasteiger charge is 2.32. The minimum atomic E-state index is 0. The number of fused-ring (bicyclic) bond motifs is 1. The molecule has 2 aliphatic rings. The number of amides is 1. The van der Waals surface area contributed by atoms with Gasteiger partial charge in [-0.3, -0.25) is 9.79 Å². The molecule has 4 rings (SSSR count). The third-order valence-corrected chi connectivity index (χ3v) is 6.33. The molecule has 1 aromatic carbocycles. The van der Waals surface area contributed by atoms with Crippen LogP contribution in [-0.4, -0.2) is 58.5 Å². The van der Waals surface area contributed by atoms with Crippen LogP contribution in [0.3, 0.4) is 0 Å². The molecule has 1 amide bonds. The van der Waals surface area contributed by atoms with Crippen LogP contribution in [0.4, 0.5) is 0 Å². The summed E-state index contributed by atoms with van der Waals surface area (Å²) in [5.74, 6) is 2.47. The zero-order chi connectivity index (χ0) is 20.9. The second kappa shape index (κ2) is 11.2. The van der Waals surface area contributed by atoms with Crippen molar-refractivity contribution in [2.45, 2.75) is 58.5 Å². The molecule has 1 atom stereocenters. The van der Waals surface area contributed by atoms with Gasteiger partial charge in [0.2, 0.25) is 5.91 Å². The Morgan fingerprint density at radius 1 is 1.23 bits per heavy atom. The van der Waals surface area contributed by atoms with E-state index in [0.29, 0.717) is 12.5 Å². The monoisotopic (exact) mass is 538 g/mol. The van der Waals surface area contributed by atoms with E-state index in [1.54, 1.807) is 0 Å². The first kappa shape index (κ1) is 23.8. The third kappa shape index (κ3) is 5.70. The van der Waals surface area contributed by atoms with Crippen LogP contribution in [0.5, 0.6) is 0 Å². The third-order valence-electron chi connectivity index (χ3n) is 6.33. The SMILES string of the molecule is CCNC(=NCCn1c(C)nc2ccccc21)NC1CCN(C(=O)C2CCCC2)C1.I. The van der Waals surface area contributed by atoms with Gasteiger partial charge in [0.05, 0.1) is 17.6 Å². The Labute approximate surface area is 202 Å². The number of carbonyl (C=O) groups is 1. The summed E-state index contributed by atoms with van der Waals surface area (Å²) >= 11 is 0. The van der Waals surface area contributed by atoms with Crippen molar-refractivity contribution in [1.82, 2.24) is 25.1 Å². The van der Waals surface area contributed by atoms with Gasteiger partial charge in [-0.05, 0) is 45.2 Å². The van der Waals surface area contributed by atoms with Gasteiger partial charge < -0.3 is 20.1 Å². The summed E-state index contributed by atoms with van der Waals surface area (Å²) in [6.45, 7) is 8.04. The molecule has 1 aliphatic heterocycles. The predicted molar refractivity (Wildman–Crippen MR) is 136 cm³/mol. The first-order valence-corrected chi connectivity index (χ1v) is 11.4. The van der Waals surface area contributed by atoms with Crippen LogP contribution < -0.4 is 10.6 Å². The number of hydrogen-bond acceptors (Lipinski definition) is 3. The zero-order valence-electron chi connectivity index (χ0n) is 18.6. The number of hydrogen-bond donors (Lipinski definition) is 2. The van der Waals surface area contributed by atoms with Gasteiger partial charge >= 0.3 is 0 Å². The predicted octanol–water partition coefficient (Wildman–Crippen LogP) is 3.31. The number of rotatable bonds is 6. The van der Waals surface area contributed by atoms with Crippen molar-refractivity contribution in [3.8, 4) is 0 Å². The number of para-hydroxylation sites is 2. The van der Waals surface area contributed by atoms with Gasteiger partial charge in [0, 0.05) is 38.1 Å². The van der Waals surface area contributed by atoms with E-state index >= 15 is 0 Å². The Morgan fingerprint density at radius 2 is 2.00 bits per heavy atom. The molecule has 1 aliphatic carbocycles. The molecule has 31 heavy (non-hydrogen) atoms. The molecular formula is C23H35IN6O. The summed E-state index contributed by atoms with van der Waals surface area (Å²) in [4.78, 5) is 24.2. The lowest BCUT2D eigenvalue weighted by molar-refractivity contribution is -0.134. The van der Waals surface area contributed by atoms with E-state index in [4.69, 9.17) is 4.99 Å². The number of imidazole rings is 1. The van der Waals surface area contributed by atoms with Gasteiger partial charge in [0.25, 0.3) is 0 Å². The van der Waals surface area contributed by atoms with Crippen LogP contribution in [0.15, 0.2) is 29.3 Å². The van der Waals surface area contributed by atoms with Crippen LogP contribution in [0.1, 0.15) is 44.9 Å². The smallest absolute Gasteiger partial charge is 0.225 e.